The lowest BCUT2D eigenvalue weighted by atomic mass is 10.1. The average Bonchev–Trinajstić information content (AvgIpc) is 3.20. The fraction of sp³-hybridized carbons (Fsp3) is 0.333. The molecule has 0 spiro atoms. The van der Waals surface area contributed by atoms with Crippen molar-refractivity contribution in [2.45, 2.75) is 18.2 Å². The van der Waals surface area contributed by atoms with Crippen LogP contribution in [-0.4, -0.2) is 58.5 Å². The molecule has 0 bridgehead atoms. The number of nitrogens with one attached hydrogen (secondary N) is 1. The number of thioether (sulfide) groups is 1. The number of aromatic amines is 1. The summed E-state index contributed by atoms with van der Waals surface area (Å²) in [5.41, 5.74) is 2.08. The molecule has 1 aliphatic rings. The standard InChI is InChI=1S/C24H27N3O2S/c1-18(17-30-20-7-3-2-4-8-20)24(29)27-13-11-26(12-14-27)23(28)15-19-16-25-22-10-6-5-9-21(19)22/h2-10,16,18,25H,11-15,17H2,1H3. The summed E-state index contributed by atoms with van der Waals surface area (Å²) in [5, 5.41) is 1.10. The van der Waals surface area contributed by atoms with Gasteiger partial charge in [-0.25, -0.2) is 0 Å². The quantitative estimate of drug-likeness (QED) is 0.616. The van der Waals surface area contributed by atoms with Crippen molar-refractivity contribution in [1.29, 1.82) is 0 Å². The van der Waals surface area contributed by atoms with E-state index in [9.17, 15) is 9.59 Å². The molecule has 0 saturated carbocycles. The van der Waals surface area contributed by atoms with E-state index in [4.69, 9.17) is 0 Å². The van der Waals surface area contributed by atoms with Gasteiger partial charge >= 0.3 is 0 Å². The minimum Gasteiger partial charge on any atom is -0.361 e. The zero-order valence-electron chi connectivity index (χ0n) is 17.2. The zero-order valence-corrected chi connectivity index (χ0v) is 18.0. The Labute approximate surface area is 181 Å². The van der Waals surface area contributed by atoms with Crippen molar-refractivity contribution < 1.29 is 9.59 Å². The van der Waals surface area contributed by atoms with Gasteiger partial charge in [-0.05, 0) is 23.8 Å². The monoisotopic (exact) mass is 421 g/mol. The van der Waals surface area contributed by atoms with Crippen LogP contribution in [0.3, 0.4) is 0 Å². The van der Waals surface area contributed by atoms with Crippen molar-refractivity contribution in [2.75, 3.05) is 31.9 Å². The molecule has 2 aromatic carbocycles. The van der Waals surface area contributed by atoms with Gasteiger partial charge in [-0.15, -0.1) is 11.8 Å². The van der Waals surface area contributed by atoms with E-state index in [1.807, 2.05) is 65.4 Å². The number of para-hydroxylation sites is 1. The summed E-state index contributed by atoms with van der Waals surface area (Å²) in [5.74, 6) is 1.04. The number of fused-ring (bicyclic) bond motifs is 1. The molecule has 2 heterocycles. The molecule has 1 unspecified atom stereocenters. The summed E-state index contributed by atoms with van der Waals surface area (Å²) in [6, 6.07) is 18.2. The minimum atomic E-state index is -0.0383. The van der Waals surface area contributed by atoms with Crippen LogP contribution in [0.5, 0.6) is 0 Å². The second kappa shape index (κ2) is 9.39. The van der Waals surface area contributed by atoms with Gasteiger partial charge in [0.25, 0.3) is 0 Å². The van der Waals surface area contributed by atoms with Crippen LogP contribution in [0, 0.1) is 5.92 Å². The van der Waals surface area contributed by atoms with Crippen LogP contribution in [0.2, 0.25) is 0 Å². The first-order chi connectivity index (χ1) is 14.6. The first-order valence-electron chi connectivity index (χ1n) is 10.4. The van der Waals surface area contributed by atoms with Crippen LogP contribution in [0.4, 0.5) is 0 Å². The lowest BCUT2D eigenvalue weighted by molar-refractivity contribution is -0.141. The van der Waals surface area contributed by atoms with Gasteiger partial charge in [0.2, 0.25) is 11.8 Å². The Morgan fingerprint density at radius 1 is 0.967 bits per heavy atom. The summed E-state index contributed by atoms with van der Waals surface area (Å²) in [6.07, 6.45) is 2.32. The highest BCUT2D eigenvalue weighted by Crippen LogP contribution is 2.22. The predicted octanol–water partition coefficient (Wildman–Crippen LogP) is 3.81. The molecule has 30 heavy (non-hydrogen) atoms. The molecule has 1 N–H and O–H groups in total. The van der Waals surface area contributed by atoms with Gasteiger partial charge in [-0.1, -0.05) is 43.3 Å². The highest BCUT2D eigenvalue weighted by Gasteiger charge is 2.27. The first-order valence-corrected chi connectivity index (χ1v) is 11.4. The molecule has 1 aliphatic heterocycles. The molecule has 0 radical (unpaired) electrons. The van der Waals surface area contributed by atoms with Crippen molar-refractivity contribution in [3.8, 4) is 0 Å². The second-order valence-corrected chi connectivity index (χ2v) is 8.86. The van der Waals surface area contributed by atoms with Crippen molar-refractivity contribution >= 4 is 34.5 Å². The van der Waals surface area contributed by atoms with Crippen LogP contribution in [-0.2, 0) is 16.0 Å². The van der Waals surface area contributed by atoms with Crippen molar-refractivity contribution in [1.82, 2.24) is 14.8 Å². The van der Waals surface area contributed by atoms with E-state index in [2.05, 4.69) is 17.1 Å². The molecule has 1 aromatic heterocycles. The predicted molar refractivity (Wildman–Crippen MR) is 121 cm³/mol. The molecule has 1 fully saturated rings. The maximum Gasteiger partial charge on any atom is 0.227 e. The fourth-order valence-electron chi connectivity index (χ4n) is 3.85. The average molecular weight is 422 g/mol. The number of amides is 2. The van der Waals surface area contributed by atoms with Crippen LogP contribution in [0.25, 0.3) is 10.9 Å². The third kappa shape index (κ3) is 4.70. The van der Waals surface area contributed by atoms with Crippen LogP contribution < -0.4 is 0 Å². The van der Waals surface area contributed by atoms with Crippen LogP contribution in [0.15, 0.2) is 65.7 Å². The molecule has 1 saturated heterocycles. The Balaban J connectivity index is 1.26. The zero-order chi connectivity index (χ0) is 20.9. The van der Waals surface area contributed by atoms with Gasteiger partial charge in [0.05, 0.1) is 6.42 Å². The van der Waals surface area contributed by atoms with Gasteiger partial charge < -0.3 is 14.8 Å². The Morgan fingerprint density at radius 3 is 2.40 bits per heavy atom. The number of piperazine rings is 1. The second-order valence-electron chi connectivity index (χ2n) is 7.77. The number of rotatable bonds is 6. The van der Waals surface area contributed by atoms with Gasteiger partial charge in [0.15, 0.2) is 0 Å². The van der Waals surface area contributed by atoms with E-state index >= 15 is 0 Å². The Bertz CT molecular complexity index is 1010. The van der Waals surface area contributed by atoms with Crippen molar-refractivity contribution in [3.05, 3.63) is 66.4 Å². The summed E-state index contributed by atoms with van der Waals surface area (Å²) < 4.78 is 0. The molecule has 4 rings (SSSR count). The molecule has 3 aromatic rings. The number of H-pyrrole nitrogens is 1. The molecule has 156 valence electrons. The van der Waals surface area contributed by atoms with Crippen LogP contribution in [0.1, 0.15) is 12.5 Å². The lowest BCUT2D eigenvalue weighted by Gasteiger charge is -2.36. The maximum absolute atomic E-state index is 12.8. The van der Waals surface area contributed by atoms with E-state index in [1.165, 1.54) is 4.90 Å². The van der Waals surface area contributed by atoms with Gasteiger partial charge in [0, 0.05) is 59.8 Å². The molecule has 2 amide bonds. The highest BCUT2D eigenvalue weighted by atomic mass is 32.2. The summed E-state index contributed by atoms with van der Waals surface area (Å²) in [7, 11) is 0. The molecule has 1 atom stereocenters. The van der Waals surface area contributed by atoms with E-state index < -0.39 is 0 Å². The Kier molecular flexibility index (Phi) is 6.43. The largest absolute Gasteiger partial charge is 0.361 e. The smallest absolute Gasteiger partial charge is 0.227 e. The Morgan fingerprint density at radius 2 is 1.63 bits per heavy atom. The molecule has 0 aliphatic carbocycles. The molecular formula is C24H27N3O2S. The fourth-order valence-corrected chi connectivity index (χ4v) is 4.78. The number of carbonyl (C=O) groups is 2. The maximum atomic E-state index is 12.8. The van der Waals surface area contributed by atoms with Gasteiger partial charge in [-0.3, -0.25) is 9.59 Å². The first kappa shape index (κ1) is 20.5. The summed E-state index contributed by atoms with van der Waals surface area (Å²) in [6.45, 7) is 4.42. The van der Waals surface area contributed by atoms with E-state index in [1.54, 1.807) is 11.8 Å². The number of nitrogens with zero attached hydrogens (tertiary/aromatic N) is 2. The number of benzene rings is 2. The van der Waals surface area contributed by atoms with Gasteiger partial charge in [0.1, 0.15) is 0 Å². The summed E-state index contributed by atoms with van der Waals surface area (Å²) >= 11 is 1.71. The summed E-state index contributed by atoms with van der Waals surface area (Å²) in [4.78, 5) is 33.8. The van der Waals surface area contributed by atoms with E-state index in [-0.39, 0.29) is 17.7 Å². The number of hydrogen-bond acceptors (Lipinski definition) is 3. The highest BCUT2D eigenvalue weighted by molar-refractivity contribution is 7.99. The molecule has 5 nitrogen and oxygen atoms in total. The molecular weight excluding hydrogens is 394 g/mol. The third-order valence-corrected chi connectivity index (χ3v) is 6.90. The third-order valence-electron chi connectivity index (χ3n) is 5.63. The SMILES string of the molecule is CC(CSc1ccccc1)C(=O)N1CCN(C(=O)Cc2c[nH]c3ccccc23)CC1. The molecule has 6 heteroatoms. The van der Waals surface area contributed by atoms with Crippen molar-refractivity contribution in [3.63, 3.8) is 0 Å². The number of hydrogen-bond donors (Lipinski definition) is 1. The normalized spacial score (nSPS) is 15.4. The topological polar surface area (TPSA) is 56.4 Å². The number of aromatic nitrogens is 1. The van der Waals surface area contributed by atoms with Crippen molar-refractivity contribution in [2.24, 2.45) is 5.92 Å². The minimum absolute atomic E-state index is 0.0383. The Hall–Kier alpha value is -2.73. The van der Waals surface area contributed by atoms with Crippen LogP contribution >= 0.6 is 11.8 Å². The number of carbonyl (C=O) groups excluding carboxylic acids is 2. The van der Waals surface area contributed by atoms with E-state index in [0.717, 1.165) is 22.2 Å². The van der Waals surface area contributed by atoms with Gasteiger partial charge in [-0.2, -0.15) is 0 Å². The van der Waals surface area contributed by atoms with E-state index in [0.29, 0.717) is 32.6 Å². The lowest BCUT2D eigenvalue weighted by Crippen LogP contribution is -2.52.